The zero-order valence-corrected chi connectivity index (χ0v) is 13.0. The smallest absolute Gasteiger partial charge is 0.134 e. The first-order valence-electron chi connectivity index (χ1n) is 7.50. The highest BCUT2D eigenvalue weighted by molar-refractivity contribution is 5.32. The number of rotatable bonds is 5. The molecule has 118 valence electrons. The van der Waals surface area contributed by atoms with Gasteiger partial charge < -0.3 is 10.1 Å². The molecule has 1 aromatic rings. The van der Waals surface area contributed by atoms with Crippen molar-refractivity contribution in [1.82, 2.24) is 10.2 Å². The maximum atomic E-state index is 14.4. The molecule has 0 radical (unpaired) electrons. The molecule has 0 bridgehead atoms. The summed E-state index contributed by atoms with van der Waals surface area (Å²) in [5.74, 6) is -0.449. The van der Waals surface area contributed by atoms with Crippen LogP contribution in [0.1, 0.15) is 31.9 Å². The summed E-state index contributed by atoms with van der Waals surface area (Å²) in [6.07, 6.45) is 0.736. The highest BCUT2D eigenvalue weighted by Crippen LogP contribution is 2.33. The molecule has 1 heterocycles. The molecule has 5 heteroatoms. The summed E-state index contributed by atoms with van der Waals surface area (Å²) in [5, 5.41) is 3.27. The van der Waals surface area contributed by atoms with Crippen LogP contribution in [0.3, 0.4) is 0 Å². The fraction of sp³-hybridized carbons (Fsp3) is 0.625. The van der Waals surface area contributed by atoms with Gasteiger partial charge >= 0.3 is 0 Å². The lowest BCUT2D eigenvalue weighted by Gasteiger charge is -2.36. The van der Waals surface area contributed by atoms with Crippen LogP contribution in [-0.4, -0.2) is 38.2 Å². The highest BCUT2D eigenvalue weighted by atomic mass is 19.1. The molecule has 0 aromatic heterocycles. The van der Waals surface area contributed by atoms with Gasteiger partial charge in [0.15, 0.2) is 0 Å². The lowest BCUT2D eigenvalue weighted by molar-refractivity contribution is 0.147. The quantitative estimate of drug-likeness (QED) is 0.904. The Morgan fingerprint density at radius 1 is 1.19 bits per heavy atom. The minimum Gasteiger partial charge on any atom is -0.497 e. The van der Waals surface area contributed by atoms with Gasteiger partial charge in [0.05, 0.1) is 7.11 Å². The van der Waals surface area contributed by atoms with E-state index in [4.69, 9.17) is 4.74 Å². The molecular formula is C16H24F2N2O. The van der Waals surface area contributed by atoms with E-state index < -0.39 is 11.6 Å². The average Bonchev–Trinajstić information content (AvgIpc) is 2.45. The van der Waals surface area contributed by atoms with Crippen molar-refractivity contribution in [2.24, 2.45) is 5.92 Å². The number of piperazine rings is 1. The van der Waals surface area contributed by atoms with Gasteiger partial charge in [0.25, 0.3) is 0 Å². The molecular weight excluding hydrogens is 274 g/mol. The van der Waals surface area contributed by atoms with Gasteiger partial charge in [0.2, 0.25) is 0 Å². The Hall–Kier alpha value is -1.20. The van der Waals surface area contributed by atoms with Crippen molar-refractivity contribution in [2.45, 2.75) is 26.3 Å². The number of hydrogen-bond donors (Lipinski definition) is 1. The van der Waals surface area contributed by atoms with E-state index in [0.717, 1.165) is 32.6 Å². The summed E-state index contributed by atoms with van der Waals surface area (Å²) in [7, 11) is 1.41. The topological polar surface area (TPSA) is 24.5 Å². The van der Waals surface area contributed by atoms with Crippen molar-refractivity contribution in [3.63, 3.8) is 0 Å². The standard InChI is InChI=1S/C16H24F2N2O/c1-11(2)8-15(20-6-4-19-5-7-20)16-13(17)9-12(21-3)10-14(16)18/h9-11,15,19H,4-8H2,1-3H3/t15-/m1/s1. The Kier molecular flexibility index (Phi) is 5.53. The van der Waals surface area contributed by atoms with Crippen molar-refractivity contribution in [3.05, 3.63) is 29.3 Å². The van der Waals surface area contributed by atoms with Crippen LogP contribution in [0.5, 0.6) is 5.75 Å². The van der Waals surface area contributed by atoms with Gasteiger partial charge in [-0.1, -0.05) is 13.8 Å². The fourth-order valence-corrected chi connectivity index (χ4v) is 2.89. The number of benzene rings is 1. The molecule has 1 saturated heterocycles. The molecule has 0 aliphatic carbocycles. The zero-order chi connectivity index (χ0) is 15.4. The number of nitrogens with one attached hydrogen (secondary N) is 1. The van der Waals surface area contributed by atoms with Crippen molar-refractivity contribution < 1.29 is 13.5 Å². The van der Waals surface area contributed by atoms with Crippen molar-refractivity contribution >= 4 is 0 Å². The minimum absolute atomic E-state index is 0.173. The third-order valence-electron chi connectivity index (χ3n) is 3.91. The molecule has 21 heavy (non-hydrogen) atoms. The van der Waals surface area contributed by atoms with E-state index in [1.54, 1.807) is 0 Å². The van der Waals surface area contributed by atoms with Gasteiger partial charge in [0.1, 0.15) is 17.4 Å². The van der Waals surface area contributed by atoms with E-state index in [1.807, 2.05) is 0 Å². The molecule has 1 aliphatic heterocycles. The lowest BCUT2D eigenvalue weighted by atomic mass is 9.94. The van der Waals surface area contributed by atoms with E-state index in [0.29, 0.717) is 5.92 Å². The van der Waals surface area contributed by atoms with Gasteiger partial charge in [-0.05, 0) is 12.3 Å². The third kappa shape index (κ3) is 3.92. The average molecular weight is 298 g/mol. The fourth-order valence-electron chi connectivity index (χ4n) is 2.89. The van der Waals surface area contributed by atoms with Crippen LogP contribution < -0.4 is 10.1 Å². The van der Waals surface area contributed by atoms with Crippen LogP contribution in [0.4, 0.5) is 8.78 Å². The second-order valence-electron chi connectivity index (χ2n) is 5.94. The Labute approximate surface area is 125 Å². The normalized spacial score (nSPS) is 18.0. The predicted octanol–water partition coefficient (Wildman–Crippen LogP) is 2.97. The first-order valence-corrected chi connectivity index (χ1v) is 7.50. The number of hydrogen-bond acceptors (Lipinski definition) is 3. The highest BCUT2D eigenvalue weighted by Gasteiger charge is 2.28. The second-order valence-corrected chi connectivity index (χ2v) is 5.94. The Morgan fingerprint density at radius 3 is 2.24 bits per heavy atom. The van der Waals surface area contributed by atoms with Gasteiger partial charge in [-0.2, -0.15) is 0 Å². The largest absolute Gasteiger partial charge is 0.497 e. The summed E-state index contributed by atoms with van der Waals surface area (Å²) >= 11 is 0. The maximum Gasteiger partial charge on any atom is 0.134 e. The van der Waals surface area contributed by atoms with Crippen molar-refractivity contribution in [2.75, 3.05) is 33.3 Å². The number of nitrogens with zero attached hydrogens (tertiary/aromatic N) is 1. The third-order valence-corrected chi connectivity index (χ3v) is 3.91. The van der Waals surface area contributed by atoms with Crippen LogP contribution in [-0.2, 0) is 0 Å². The summed E-state index contributed by atoms with van der Waals surface area (Å²) in [6.45, 7) is 7.48. The van der Waals surface area contributed by atoms with Gasteiger partial charge in [-0.15, -0.1) is 0 Å². The van der Waals surface area contributed by atoms with E-state index >= 15 is 0 Å². The molecule has 0 saturated carbocycles. The molecule has 3 nitrogen and oxygen atoms in total. The Balaban J connectivity index is 2.35. The number of halogens is 2. The van der Waals surface area contributed by atoms with E-state index in [-0.39, 0.29) is 17.4 Å². The Bertz CT molecular complexity index is 450. The predicted molar refractivity (Wildman–Crippen MR) is 79.5 cm³/mol. The van der Waals surface area contributed by atoms with Crippen LogP contribution in [0.2, 0.25) is 0 Å². The van der Waals surface area contributed by atoms with Crippen LogP contribution in [0, 0.1) is 17.6 Å². The van der Waals surface area contributed by atoms with E-state index in [2.05, 4.69) is 24.1 Å². The summed E-state index contributed by atoms with van der Waals surface area (Å²) in [5.41, 5.74) is 0.173. The molecule has 1 aromatic carbocycles. The SMILES string of the molecule is COc1cc(F)c([C@@H](CC(C)C)N2CCNCC2)c(F)c1. The molecule has 0 unspecified atom stereocenters. The lowest BCUT2D eigenvalue weighted by Crippen LogP contribution is -2.45. The summed E-state index contributed by atoms with van der Waals surface area (Å²) in [6, 6.07) is 2.32. The molecule has 1 aliphatic rings. The first kappa shape index (κ1) is 16.2. The van der Waals surface area contributed by atoms with Crippen LogP contribution in [0.15, 0.2) is 12.1 Å². The Morgan fingerprint density at radius 2 is 1.76 bits per heavy atom. The summed E-state index contributed by atoms with van der Waals surface area (Å²) in [4.78, 5) is 2.17. The molecule has 1 atom stereocenters. The molecule has 0 amide bonds. The van der Waals surface area contributed by atoms with Gasteiger partial charge in [-0.3, -0.25) is 4.90 Å². The van der Waals surface area contributed by atoms with E-state index in [1.165, 1.54) is 19.2 Å². The monoisotopic (exact) mass is 298 g/mol. The minimum atomic E-state index is -0.518. The van der Waals surface area contributed by atoms with Crippen LogP contribution >= 0.6 is 0 Å². The van der Waals surface area contributed by atoms with E-state index in [9.17, 15) is 8.78 Å². The molecule has 1 N–H and O–H groups in total. The van der Waals surface area contributed by atoms with Gasteiger partial charge in [0, 0.05) is 49.9 Å². The van der Waals surface area contributed by atoms with Crippen molar-refractivity contribution in [3.8, 4) is 5.75 Å². The molecule has 2 rings (SSSR count). The number of methoxy groups -OCH3 is 1. The maximum absolute atomic E-state index is 14.4. The zero-order valence-electron chi connectivity index (χ0n) is 13.0. The summed E-state index contributed by atoms with van der Waals surface area (Å²) < 4.78 is 33.7. The molecule has 0 spiro atoms. The van der Waals surface area contributed by atoms with Crippen molar-refractivity contribution in [1.29, 1.82) is 0 Å². The second kappa shape index (κ2) is 7.18. The van der Waals surface area contributed by atoms with Gasteiger partial charge in [-0.25, -0.2) is 8.78 Å². The molecule has 1 fully saturated rings. The first-order chi connectivity index (χ1) is 10.0. The number of ether oxygens (including phenoxy) is 1. The van der Waals surface area contributed by atoms with Crippen LogP contribution in [0.25, 0.3) is 0 Å².